The summed E-state index contributed by atoms with van der Waals surface area (Å²) in [7, 11) is 0. The van der Waals surface area contributed by atoms with E-state index in [1.54, 1.807) is 18.2 Å². The highest BCUT2D eigenvalue weighted by Crippen LogP contribution is 2.18. The van der Waals surface area contributed by atoms with Crippen LogP contribution in [0.1, 0.15) is 51.1 Å². The molecule has 1 heterocycles. The number of rotatable bonds is 5. The van der Waals surface area contributed by atoms with Gasteiger partial charge in [0.25, 0.3) is 5.91 Å². The lowest BCUT2D eigenvalue weighted by Crippen LogP contribution is -2.44. The zero-order valence-electron chi connectivity index (χ0n) is 13.6. The van der Waals surface area contributed by atoms with Crippen molar-refractivity contribution in [3.05, 3.63) is 46.5 Å². The third-order valence-corrected chi connectivity index (χ3v) is 4.25. The van der Waals surface area contributed by atoms with Crippen LogP contribution in [0.2, 0.25) is 0 Å². The number of nitrogens with zero attached hydrogens (tertiary/aromatic N) is 1. The molecule has 0 spiro atoms. The number of benzene rings is 1. The Bertz CT molecular complexity index is 710. The third-order valence-electron chi connectivity index (χ3n) is 4.25. The summed E-state index contributed by atoms with van der Waals surface area (Å²) in [5.74, 6) is -0.101. The molecule has 0 saturated heterocycles. The lowest BCUT2D eigenvalue weighted by molar-refractivity contribution is 0.0561. The Balaban J connectivity index is 2.49. The fraction of sp³-hybridized carbons (Fsp3) is 0.444. The van der Waals surface area contributed by atoms with Crippen molar-refractivity contribution in [1.82, 2.24) is 4.90 Å². The molecule has 4 heteroatoms. The van der Waals surface area contributed by atoms with Crippen molar-refractivity contribution in [3.8, 4) is 0 Å². The van der Waals surface area contributed by atoms with Gasteiger partial charge in [-0.05, 0) is 44.2 Å². The minimum atomic E-state index is -0.463. The van der Waals surface area contributed by atoms with Crippen molar-refractivity contribution in [2.75, 3.05) is 0 Å². The summed E-state index contributed by atoms with van der Waals surface area (Å²) in [5.41, 5.74) is -0.463. The Morgan fingerprint density at radius 2 is 1.73 bits per heavy atom. The Morgan fingerprint density at radius 3 is 2.32 bits per heavy atom. The summed E-state index contributed by atoms with van der Waals surface area (Å²) >= 11 is 0. The second kappa shape index (κ2) is 6.77. The topological polar surface area (TPSA) is 50.5 Å². The highest BCUT2D eigenvalue weighted by Gasteiger charge is 2.26. The van der Waals surface area contributed by atoms with Crippen LogP contribution < -0.4 is 5.63 Å². The van der Waals surface area contributed by atoms with Crippen LogP contribution in [0.25, 0.3) is 10.8 Å². The number of hydrogen-bond donors (Lipinski definition) is 0. The number of amides is 1. The summed E-state index contributed by atoms with van der Waals surface area (Å²) in [6, 6.07) is 9.01. The van der Waals surface area contributed by atoms with E-state index in [1.807, 2.05) is 44.7 Å². The molecule has 0 radical (unpaired) electrons. The molecule has 0 unspecified atom stereocenters. The lowest BCUT2D eigenvalue weighted by atomic mass is 10.1. The van der Waals surface area contributed by atoms with Gasteiger partial charge in [-0.2, -0.15) is 0 Å². The first-order chi connectivity index (χ1) is 10.5. The highest BCUT2D eigenvalue weighted by molar-refractivity contribution is 5.95. The highest BCUT2D eigenvalue weighted by atomic mass is 16.4. The van der Waals surface area contributed by atoms with Crippen LogP contribution in [0.3, 0.4) is 0 Å². The van der Waals surface area contributed by atoms with Gasteiger partial charge in [0.05, 0.1) is 5.39 Å². The molecule has 0 bridgehead atoms. The summed E-state index contributed by atoms with van der Waals surface area (Å²) in [6.07, 6.45) is 1.71. The number of fused-ring (bicyclic) bond motifs is 1. The summed E-state index contributed by atoms with van der Waals surface area (Å²) in [6.45, 7) is 8.13. The molecule has 0 aliphatic carbocycles. The van der Waals surface area contributed by atoms with E-state index in [9.17, 15) is 9.59 Å². The molecular formula is C18H23NO3. The smallest absolute Gasteiger partial charge is 0.344 e. The first-order valence-electron chi connectivity index (χ1n) is 7.85. The van der Waals surface area contributed by atoms with Crippen LogP contribution in [0.5, 0.6) is 0 Å². The second-order valence-electron chi connectivity index (χ2n) is 5.71. The van der Waals surface area contributed by atoms with E-state index in [0.717, 1.165) is 18.2 Å². The molecule has 2 rings (SSSR count). The first kappa shape index (κ1) is 16.3. The van der Waals surface area contributed by atoms with Crippen LogP contribution in [0, 0.1) is 0 Å². The van der Waals surface area contributed by atoms with E-state index < -0.39 is 5.63 Å². The molecule has 0 aliphatic rings. The van der Waals surface area contributed by atoms with Crippen molar-refractivity contribution in [2.45, 2.75) is 52.6 Å². The molecule has 2 atom stereocenters. The minimum Gasteiger partial charge on any atom is -0.417 e. The van der Waals surface area contributed by atoms with Gasteiger partial charge in [-0.25, -0.2) is 4.79 Å². The molecular weight excluding hydrogens is 278 g/mol. The zero-order chi connectivity index (χ0) is 16.3. The normalized spacial score (nSPS) is 13.8. The van der Waals surface area contributed by atoms with E-state index in [0.29, 0.717) is 5.39 Å². The standard InChI is InChI=1S/C18H23NO3/c1-5-12(3)19(13(4)6-2)17(20)16-11-14-9-7-8-10-15(14)18(21)22-16/h7-13H,5-6H2,1-4H3/t12-,13-/m1/s1. The van der Waals surface area contributed by atoms with Crippen molar-refractivity contribution < 1.29 is 9.21 Å². The van der Waals surface area contributed by atoms with Crippen molar-refractivity contribution in [2.24, 2.45) is 0 Å². The van der Waals surface area contributed by atoms with Gasteiger partial charge in [-0.3, -0.25) is 4.79 Å². The summed E-state index contributed by atoms with van der Waals surface area (Å²) < 4.78 is 5.28. The van der Waals surface area contributed by atoms with Crippen LogP contribution in [-0.2, 0) is 0 Å². The first-order valence-corrected chi connectivity index (χ1v) is 7.85. The zero-order valence-corrected chi connectivity index (χ0v) is 13.6. The Hall–Kier alpha value is -2.10. The molecule has 0 fully saturated rings. The number of carbonyl (C=O) groups is 1. The maximum absolute atomic E-state index is 12.8. The van der Waals surface area contributed by atoms with Gasteiger partial charge in [-0.1, -0.05) is 32.0 Å². The average Bonchev–Trinajstić information content (AvgIpc) is 2.54. The maximum atomic E-state index is 12.8. The molecule has 0 aliphatic heterocycles. The molecule has 4 nitrogen and oxygen atoms in total. The van der Waals surface area contributed by atoms with Crippen LogP contribution in [-0.4, -0.2) is 22.9 Å². The molecule has 118 valence electrons. The van der Waals surface area contributed by atoms with E-state index in [1.165, 1.54) is 0 Å². The van der Waals surface area contributed by atoms with Gasteiger partial charge in [0.2, 0.25) is 0 Å². The number of carbonyl (C=O) groups excluding carboxylic acids is 1. The quantitative estimate of drug-likeness (QED) is 0.843. The Labute approximate surface area is 130 Å². The fourth-order valence-electron chi connectivity index (χ4n) is 2.60. The SMILES string of the molecule is CC[C@@H](C)N(C(=O)c1cc2ccccc2c(=O)o1)[C@H](C)CC. The van der Waals surface area contributed by atoms with Gasteiger partial charge in [-0.15, -0.1) is 0 Å². The van der Waals surface area contributed by atoms with Crippen molar-refractivity contribution >= 4 is 16.7 Å². The van der Waals surface area contributed by atoms with E-state index in [-0.39, 0.29) is 23.8 Å². The molecule has 1 aromatic heterocycles. The molecule has 0 N–H and O–H groups in total. The monoisotopic (exact) mass is 301 g/mol. The molecule has 1 aromatic carbocycles. The van der Waals surface area contributed by atoms with E-state index in [2.05, 4.69) is 0 Å². The molecule has 1 amide bonds. The van der Waals surface area contributed by atoms with E-state index in [4.69, 9.17) is 4.42 Å². The summed E-state index contributed by atoms with van der Waals surface area (Å²) in [4.78, 5) is 26.7. The fourth-order valence-corrected chi connectivity index (χ4v) is 2.60. The van der Waals surface area contributed by atoms with Gasteiger partial charge in [0.15, 0.2) is 5.76 Å². The second-order valence-corrected chi connectivity index (χ2v) is 5.71. The Kier molecular flexibility index (Phi) is 5.01. The predicted molar refractivity (Wildman–Crippen MR) is 88.2 cm³/mol. The molecule has 22 heavy (non-hydrogen) atoms. The Morgan fingerprint density at radius 1 is 1.14 bits per heavy atom. The summed E-state index contributed by atoms with van der Waals surface area (Å²) in [5, 5.41) is 1.23. The van der Waals surface area contributed by atoms with E-state index >= 15 is 0 Å². The van der Waals surface area contributed by atoms with Crippen LogP contribution in [0.4, 0.5) is 0 Å². The molecule has 2 aromatic rings. The molecule has 0 saturated carbocycles. The maximum Gasteiger partial charge on any atom is 0.344 e. The average molecular weight is 301 g/mol. The van der Waals surface area contributed by atoms with Gasteiger partial charge < -0.3 is 9.32 Å². The van der Waals surface area contributed by atoms with Crippen molar-refractivity contribution in [3.63, 3.8) is 0 Å². The van der Waals surface area contributed by atoms with Gasteiger partial charge in [0.1, 0.15) is 0 Å². The van der Waals surface area contributed by atoms with Crippen molar-refractivity contribution in [1.29, 1.82) is 0 Å². The largest absolute Gasteiger partial charge is 0.417 e. The van der Waals surface area contributed by atoms with Gasteiger partial charge in [0, 0.05) is 12.1 Å². The lowest BCUT2D eigenvalue weighted by Gasteiger charge is -2.33. The number of hydrogen-bond acceptors (Lipinski definition) is 3. The predicted octanol–water partition coefficient (Wildman–Crippen LogP) is 3.83. The third kappa shape index (κ3) is 3.06. The minimum absolute atomic E-state index is 0.0965. The van der Waals surface area contributed by atoms with Crippen LogP contribution in [0.15, 0.2) is 39.5 Å². The van der Waals surface area contributed by atoms with Crippen LogP contribution >= 0.6 is 0 Å². The van der Waals surface area contributed by atoms with Gasteiger partial charge >= 0.3 is 5.63 Å².